The van der Waals surface area contributed by atoms with Crippen LogP contribution in [0.1, 0.15) is 42.4 Å². The molecule has 256 valence electrons. The molecule has 2 amide bonds. The average Bonchev–Trinajstić information content (AvgIpc) is 3.72. The topological polar surface area (TPSA) is 114 Å². The highest BCUT2D eigenvalue weighted by atomic mass is 79.9. The molecule has 4 aromatic rings. The second-order valence-electron chi connectivity index (χ2n) is 12.2. The molecule has 12 heteroatoms. The third kappa shape index (κ3) is 8.74. The summed E-state index contributed by atoms with van der Waals surface area (Å²) >= 11 is 17.6. The van der Waals surface area contributed by atoms with Gasteiger partial charge in [-0.3, -0.25) is 9.59 Å². The number of pyridine rings is 1. The third-order valence-corrected chi connectivity index (χ3v) is 10.2. The summed E-state index contributed by atoms with van der Waals surface area (Å²) in [5.74, 6) is 1.06. The molecule has 2 aliphatic rings. The van der Waals surface area contributed by atoms with Crippen LogP contribution in [0.25, 0.3) is 22.3 Å². The summed E-state index contributed by atoms with van der Waals surface area (Å²) in [7, 11) is 1.57. The Morgan fingerprint density at radius 1 is 0.796 bits per heavy atom. The fourth-order valence-electron chi connectivity index (χ4n) is 6.14. The van der Waals surface area contributed by atoms with Gasteiger partial charge in [0.1, 0.15) is 6.61 Å². The lowest BCUT2D eigenvalue weighted by atomic mass is 9.97. The Morgan fingerprint density at radius 3 is 2.04 bits per heavy atom. The summed E-state index contributed by atoms with van der Waals surface area (Å²) in [4.78, 5) is 27.5. The monoisotopic (exact) mass is 765 g/mol. The maximum atomic E-state index is 11.5. The highest BCUT2D eigenvalue weighted by Crippen LogP contribution is 2.40. The van der Waals surface area contributed by atoms with Gasteiger partial charge in [0.05, 0.1) is 21.6 Å². The van der Waals surface area contributed by atoms with Gasteiger partial charge in [-0.1, -0.05) is 83.9 Å². The maximum Gasteiger partial charge on any atom is 0.231 e. The molecule has 49 heavy (non-hydrogen) atoms. The summed E-state index contributed by atoms with van der Waals surface area (Å²) in [6, 6.07) is 22.3. The second-order valence-corrected chi connectivity index (χ2v) is 13.9. The minimum atomic E-state index is 0.0949. The summed E-state index contributed by atoms with van der Waals surface area (Å²) in [5, 5.41) is 13.9. The first-order valence-corrected chi connectivity index (χ1v) is 17.9. The van der Waals surface area contributed by atoms with Gasteiger partial charge in [-0.25, -0.2) is 0 Å². The molecule has 0 spiro atoms. The fraction of sp³-hybridized carbons (Fsp3) is 0.324. The summed E-state index contributed by atoms with van der Waals surface area (Å²) < 4.78 is 12.4. The lowest BCUT2D eigenvalue weighted by molar-refractivity contribution is -0.120. The van der Waals surface area contributed by atoms with Crippen molar-refractivity contribution in [3.63, 3.8) is 0 Å². The summed E-state index contributed by atoms with van der Waals surface area (Å²) in [6.45, 7) is 2.84. The third-order valence-electron chi connectivity index (χ3n) is 8.77. The number of halogens is 3. The van der Waals surface area contributed by atoms with Crippen molar-refractivity contribution >= 4 is 50.9 Å². The maximum absolute atomic E-state index is 11.5. The normalized spacial score (nSPS) is 17.2. The van der Waals surface area contributed by atoms with Crippen molar-refractivity contribution in [2.24, 2.45) is 0 Å². The predicted octanol–water partition coefficient (Wildman–Crippen LogP) is 6.81. The van der Waals surface area contributed by atoms with Crippen LogP contribution in [0.4, 0.5) is 0 Å². The number of carbonyl (C=O) groups is 2. The Balaban J connectivity index is 1.11. The van der Waals surface area contributed by atoms with E-state index in [1.165, 1.54) is 0 Å². The van der Waals surface area contributed by atoms with E-state index in [-0.39, 0.29) is 30.5 Å². The number of nitrogens with one attached hydrogen (secondary N) is 4. The minimum Gasteiger partial charge on any atom is -0.481 e. The van der Waals surface area contributed by atoms with E-state index in [0.29, 0.717) is 58.8 Å². The number of hydrogen-bond acceptors (Lipinski definition) is 7. The highest BCUT2D eigenvalue weighted by molar-refractivity contribution is 9.10. The Kier molecular flexibility index (Phi) is 11.7. The largest absolute Gasteiger partial charge is 0.481 e. The fourth-order valence-corrected chi connectivity index (χ4v) is 7.24. The van der Waals surface area contributed by atoms with E-state index in [4.69, 9.17) is 32.7 Å². The van der Waals surface area contributed by atoms with Crippen LogP contribution in [-0.2, 0) is 29.3 Å². The smallest absolute Gasteiger partial charge is 0.231 e. The molecule has 3 heterocycles. The lowest BCUT2D eigenvalue weighted by Gasteiger charge is -2.16. The molecule has 2 aliphatic heterocycles. The Hall–Kier alpha value is -3.67. The van der Waals surface area contributed by atoms with Crippen LogP contribution in [-0.4, -0.2) is 49.1 Å². The zero-order valence-corrected chi connectivity index (χ0v) is 30.2. The Labute approximate surface area is 304 Å². The number of nitrogens with zero attached hydrogens (tertiary/aromatic N) is 1. The Bertz CT molecular complexity index is 1820. The standard InChI is InChI=1S/C37H38BrCl2N5O4/c1-48-36-25(18-42-20-27-13-15-33(47)44-27)16-31(38)37(45-36)49-21-24-4-2-6-29(34(24)39)30-7-3-5-28(35(30)40)23-10-8-22(9-11-23)17-41-19-26-12-14-32(46)43-26/h2-11,16,26-27,41-42H,12-15,17-21H2,1H3,(H,43,46)(H,44,47)/t26-,27-/m0/s1. The summed E-state index contributed by atoms with van der Waals surface area (Å²) in [5.41, 5.74) is 6.34. The van der Waals surface area contributed by atoms with Crippen molar-refractivity contribution in [2.45, 2.75) is 57.5 Å². The molecular formula is C37H38BrCl2N5O4. The van der Waals surface area contributed by atoms with Crippen LogP contribution in [0.15, 0.2) is 71.2 Å². The number of aromatic nitrogens is 1. The van der Waals surface area contributed by atoms with Gasteiger partial charge in [0.2, 0.25) is 23.6 Å². The molecule has 6 rings (SSSR count). The van der Waals surface area contributed by atoms with Gasteiger partial charge in [0, 0.05) is 78.9 Å². The van der Waals surface area contributed by atoms with E-state index in [0.717, 1.165) is 58.3 Å². The van der Waals surface area contributed by atoms with Crippen molar-refractivity contribution in [3.8, 4) is 34.0 Å². The second kappa shape index (κ2) is 16.4. The molecule has 0 saturated carbocycles. The Morgan fingerprint density at radius 2 is 1.41 bits per heavy atom. The molecule has 0 bridgehead atoms. The molecule has 0 radical (unpaired) electrons. The van der Waals surface area contributed by atoms with Gasteiger partial charge in [-0.2, -0.15) is 4.98 Å². The first-order valence-electron chi connectivity index (χ1n) is 16.3. The van der Waals surface area contributed by atoms with Crippen molar-refractivity contribution in [3.05, 3.63) is 97.9 Å². The van der Waals surface area contributed by atoms with E-state index in [1.54, 1.807) is 7.11 Å². The molecule has 9 nitrogen and oxygen atoms in total. The van der Waals surface area contributed by atoms with Crippen LogP contribution in [0.3, 0.4) is 0 Å². The zero-order chi connectivity index (χ0) is 34.3. The van der Waals surface area contributed by atoms with Crippen LogP contribution in [0, 0.1) is 0 Å². The number of hydrogen-bond donors (Lipinski definition) is 4. The quantitative estimate of drug-likeness (QED) is 0.112. The molecule has 1 aromatic heterocycles. The lowest BCUT2D eigenvalue weighted by Crippen LogP contribution is -2.35. The number of benzene rings is 3. The van der Waals surface area contributed by atoms with Crippen molar-refractivity contribution in [1.29, 1.82) is 0 Å². The van der Waals surface area contributed by atoms with Gasteiger partial charge >= 0.3 is 0 Å². The van der Waals surface area contributed by atoms with E-state index < -0.39 is 0 Å². The molecule has 2 fully saturated rings. The number of carbonyl (C=O) groups excluding carboxylic acids is 2. The van der Waals surface area contributed by atoms with E-state index in [9.17, 15) is 9.59 Å². The molecular weight excluding hydrogens is 729 g/mol. The molecule has 2 atom stereocenters. The number of ether oxygens (including phenoxy) is 2. The van der Waals surface area contributed by atoms with Gasteiger partial charge in [0.25, 0.3) is 0 Å². The van der Waals surface area contributed by atoms with Gasteiger partial charge in [-0.15, -0.1) is 0 Å². The molecule has 0 unspecified atom stereocenters. The minimum absolute atomic E-state index is 0.0949. The number of methoxy groups -OCH3 is 1. The van der Waals surface area contributed by atoms with Crippen LogP contribution >= 0.6 is 39.1 Å². The highest BCUT2D eigenvalue weighted by Gasteiger charge is 2.22. The van der Waals surface area contributed by atoms with E-state index in [2.05, 4.69) is 66.4 Å². The first-order chi connectivity index (χ1) is 23.8. The summed E-state index contributed by atoms with van der Waals surface area (Å²) in [6.07, 6.45) is 2.88. The number of rotatable bonds is 14. The van der Waals surface area contributed by atoms with Gasteiger partial charge in [0.15, 0.2) is 0 Å². The van der Waals surface area contributed by atoms with Gasteiger partial charge < -0.3 is 30.7 Å². The molecule has 3 aromatic carbocycles. The van der Waals surface area contributed by atoms with Crippen LogP contribution in [0.5, 0.6) is 11.8 Å². The SMILES string of the molecule is COc1nc(OCc2cccc(-c3cccc(-c4ccc(CNC[C@@H]5CCC(=O)N5)cc4)c3Cl)c2Cl)c(Br)cc1CNC[C@@H]1CCC(=O)N1. The first kappa shape index (κ1) is 35.2. The molecule has 2 saturated heterocycles. The van der Waals surface area contributed by atoms with Crippen molar-refractivity contribution in [2.75, 3.05) is 20.2 Å². The molecule has 4 N–H and O–H groups in total. The predicted molar refractivity (Wildman–Crippen MR) is 196 cm³/mol. The van der Waals surface area contributed by atoms with E-state index in [1.807, 2.05) is 42.5 Å². The van der Waals surface area contributed by atoms with Crippen molar-refractivity contribution < 1.29 is 19.1 Å². The van der Waals surface area contributed by atoms with Crippen LogP contribution in [0.2, 0.25) is 10.0 Å². The van der Waals surface area contributed by atoms with Crippen LogP contribution < -0.4 is 30.7 Å². The molecule has 0 aliphatic carbocycles. The van der Waals surface area contributed by atoms with Gasteiger partial charge in [-0.05, 0) is 46.0 Å². The van der Waals surface area contributed by atoms with E-state index >= 15 is 0 Å². The van der Waals surface area contributed by atoms with Crippen molar-refractivity contribution in [1.82, 2.24) is 26.3 Å². The zero-order valence-electron chi connectivity index (χ0n) is 27.1. The average molecular weight is 768 g/mol. The number of amides is 2.